The first kappa shape index (κ1) is 9.47. The highest BCUT2D eigenvalue weighted by molar-refractivity contribution is 7.98. The van der Waals surface area contributed by atoms with Gasteiger partial charge in [0.15, 0.2) is 5.82 Å². The molecule has 0 amide bonds. The van der Waals surface area contributed by atoms with Crippen molar-refractivity contribution in [3.8, 4) is 0 Å². The molecule has 1 rings (SSSR count). The van der Waals surface area contributed by atoms with Gasteiger partial charge in [-0.2, -0.15) is 11.8 Å². The van der Waals surface area contributed by atoms with Crippen molar-refractivity contribution >= 4 is 11.8 Å². The van der Waals surface area contributed by atoms with E-state index in [-0.39, 0.29) is 0 Å². The maximum absolute atomic E-state index is 5.43. The average molecular weight is 187 g/mol. The molecule has 0 bridgehead atoms. The zero-order chi connectivity index (χ0) is 8.81. The number of nitrogens with two attached hydrogens (primary N) is 1. The molecule has 6 heteroatoms. The Morgan fingerprint density at radius 3 is 3.08 bits per heavy atom. The number of thioether (sulfide) groups is 1. The average Bonchev–Trinajstić information content (AvgIpc) is 2.52. The van der Waals surface area contributed by atoms with Gasteiger partial charge in [0.1, 0.15) is 0 Å². The Hall–Kier alpha value is -0.620. The molecule has 0 aromatic carbocycles. The lowest BCUT2D eigenvalue weighted by Gasteiger charge is -2.00. The summed E-state index contributed by atoms with van der Waals surface area (Å²) in [5, 5.41) is 11.2. The van der Waals surface area contributed by atoms with Crippen LogP contribution in [0.15, 0.2) is 0 Å². The van der Waals surface area contributed by atoms with Crippen LogP contribution in [-0.2, 0) is 13.1 Å². The molecule has 2 N–H and O–H groups in total. The molecule has 0 spiro atoms. The van der Waals surface area contributed by atoms with Crippen LogP contribution in [0, 0.1) is 0 Å². The van der Waals surface area contributed by atoms with Crippen LogP contribution in [0.1, 0.15) is 12.2 Å². The minimum absolute atomic E-state index is 0.409. The standard InChI is InChI=1S/C6H13N5S/c1-12-4-2-3-11-6(5-7)8-9-10-11/h2-5,7H2,1H3. The fourth-order valence-electron chi connectivity index (χ4n) is 0.902. The summed E-state index contributed by atoms with van der Waals surface area (Å²) in [6.07, 6.45) is 3.17. The van der Waals surface area contributed by atoms with Gasteiger partial charge in [-0.3, -0.25) is 0 Å². The zero-order valence-corrected chi connectivity index (χ0v) is 7.92. The lowest BCUT2D eigenvalue weighted by Crippen LogP contribution is -2.10. The molecule has 1 heterocycles. The number of tetrazole rings is 1. The Morgan fingerprint density at radius 1 is 1.58 bits per heavy atom. The molecule has 1 aromatic heterocycles. The third kappa shape index (κ3) is 2.46. The molecule has 68 valence electrons. The third-order valence-electron chi connectivity index (χ3n) is 1.51. The molecule has 0 atom stereocenters. The van der Waals surface area contributed by atoms with Crippen molar-refractivity contribution in [3.05, 3.63) is 5.82 Å². The molecule has 1 aromatic rings. The first-order valence-corrected chi connectivity index (χ1v) is 5.22. The van der Waals surface area contributed by atoms with Crippen molar-refractivity contribution < 1.29 is 0 Å². The van der Waals surface area contributed by atoms with Crippen LogP contribution in [0.3, 0.4) is 0 Å². The molecule has 0 saturated carbocycles. The molecule has 0 aliphatic heterocycles. The summed E-state index contributed by atoms with van der Waals surface area (Å²) in [4.78, 5) is 0. The fourth-order valence-corrected chi connectivity index (χ4v) is 1.32. The third-order valence-corrected chi connectivity index (χ3v) is 2.20. The van der Waals surface area contributed by atoms with E-state index in [1.807, 2.05) is 11.8 Å². The van der Waals surface area contributed by atoms with Crippen molar-refractivity contribution in [1.82, 2.24) is 20.2 Å². The first-order valence-electron chi connectivity index (χ1n) is 3.82. The van der Waals surface area contributed by atoms with Crippen LogP contribution < -0.4 is 5.73 Å². The molecule has 0 unspecified atom stereocenters. The van der Waals surface area contributed by atoms with Gasteiger partial charge in [-0.1, -0.05) is 0 Å². The molecule has 0 saturated heterocycles. The van der Waals surface area contributed by atoms with Crippen molar-refractivity contribution in [3.63, 3.8) is 0 Å². The van der Waals surface area contributed by atoms with Crippen LogP contribution in [0.2, 0.25) is 0 Å². The smallest absolute Gasteiger partial charge is 0.164 e. The summed E-state index contributed by atoms with van der Waals surface area (Å²) >= 11 is 1.82. The van der Waals surface area contributed by atoms with Gasteiger partial charge in [0, 0.05) is 6.54 Å². The van der Waals surface area contributed by atoms with Crippen LogP contribution in [0.25, 0.3) is 0 Å². The van der Waals surface area contributed by atoms with Crippen LogP contribution in [0.5, 0.6) is 0 Å². The summed E-state index contributed by atoms with van der Waals surface area (Å²) < 4.78 is 1.76. The van der Waals surface area contributed by atoms with Gasteiger partial charge in [-0.25, -0.2) is 4.68 Å². The predicted octanol–water partition coefficient (Wildman–Crippen LogP) is -0.115. The van der Waals surface area contributed by atoms with Crippen LogP contribution in [0.4, 0.5) is 0 Å². The summed E-state index contributed by atoms with van der Waals surface area (Å²) in [7, 11) is 0. The Kier molecular flexibility index (Phi) is 4.02. The summed E-state index contributed by atoms with van der Waals surface area (Å²) in [6.45, 7) is 1.27. The highest BCUT2D eigenvalue weighted by Gasteiger charge is 2.01. The number of aromatic nitrogens is 4. The van der Waals surface area contributed by atoms with Gasteiger partial charge < -0.3 is 5.73 Å². The quantitative estimate of drug-likeness (QED) is 0.651. The number of aryl methyl sites for hydroxylation is 1. The maximum Gasteiger partial charge on any atom is 0.164 e. The number of nitrogens with zero attached hydrogens (tertiary/aromatic N) is 4. The van der Waals surface area contributed by atoms with Gasteiger partial charge in [-0.05, 0) is 28.9 Å². The van der Waals surface area contributed by atoms with E-state index in [9.17, 15) is 0 Å². The van der Waals surface area contributed by atoms with Gasteiger partial charge in [0.2, 0.25) is 0 Å². The largest absolute Gasteiger partial charge is 0.324 e. The fraction of sp³-hybridized carbons (Fsp3) is 0.833. The lowest BCUT2D eigenvalue weighted by atomic mass is 10.5. The van der Waals surface area contributed by atoms with E-state index in [4.69, 9.17) is 5.73 Å². The zero-order valence-electron chi connectivity index (χ0n) is 7.10. The van der Waals surface area contributed by atoms with Crippen LogP contribution in [-0.4, -0.2) is 32.2 Å². The van der Waals surface area contributed by atoms with Crippen molar-refractivity contribution in [2.24, 2.45) is 5.73 Å². The van der Waals surface area contributed by atoms with E-state index in [1.165, 1.54) is 0 Å². The minimum atomic E-state index is 0.409. The Balaban J connectivity index is 2.39. The van der Waals surface area contributed by atoms with Crippen LogP contribution >= 0.6 is 11.8 Å². The molecule has 12 heavy (non-hydrogen) atoms. The highest BCUT2D eigenvalue weighted by atomic mass is 32.2. The molecule has 0 aliphatic carbocycles. The van der Waals surface area contributed by atoms with Crippen molar-refractivity contribution in [2.45, 2.75) is 19.5 Å². The van der Waals surface area contributed by atoms with E-state index >= 15 is 0 Å². The van der Waals surface area contributed by atoms with E-state index in [0.717, 1.165) is 24.5 Å². The van der Waals surface area contributed by atoms with Crippen molar-refractivity contribution in [2.75, 3.05) is 12.0 Å². The maximum atomic E-state index is 5.43. The van der Waals surface area contributed by atoms with E-state index in [1.54, 1.807) is 4.68 Å². The molecule has 0 radical (unpaired) electrons. The van der Waals surface area contributed by atoms with Gasteiger partial charge in [0.25, 0.3) is 0 Å². The molecule has 0 aliphatic rings. The van der Waals surface area contributed by atoms with Crippen molar-refractivity contribution in [1.29, 1.82) is 0 Å². The topological polar surface area (TPSA) is 69.6 Å². The Bertz CT molecular complexity index is 223. The lowest BCUT2D eigenvalue weighted by molar-refractivity contribution is 0.558. The monoisotopic (exact) mass is 187 g/mol. The minimum Gasteiger partial charge on any atom is -0.324 e. The SMILES string of the molecule is CSCCCn1nnnc1CN. The normalized spacial score (nSPS) is 10.5. The van der Waals surface area contributed by atoms with Gasteiger partial charge in [-0.15, -0.1) is 5.10 Å². The summed E-state index contributed by atoms with van der Waals surface area (Å²) in [5.41, 5.74) is 5.43. The second kappa shape index (κ2) is 5.10. The Morgan fingerprint density at radius 2 is 2.42 bits per heavy atom. The Labute approximate surface area is 75.7 Å². The second-order valence-corrected chi connectivity index (χ2v) is 3.35. The predicted molar refractivity (Wildman–Crippen MR) is 48.7 cm³/mol. The summed E-state index contributed by atoms with van der Waals surface area (Å²) in [6, 6.07) is 0. The summed E-state index contributed by atoms with van der Waals surface area (Å²) in [5.74, 6) is 1.89. The highest BCUT2D eigenvalue weighted by Crippen LogP contribution is 1.98. The molecular weight excluding hydrogens is 174 g/mol. The number of hydrogen-bond acceptors (Lipinski definition) is 5. The van der Waals surface area contributed by atoms with E-state index < -0.39 is 0 Å². The van der Waals surface area contributed by atoms with Gasteiger partial charge >= 0.3 is 0 Å². The number of rotatable bonds is 5. The van der Waals surface area contributed by atoms with E-state index in [2.05, 4.69) is 21.8 Å². The number of hydrogen-bond donors (Lipinski definition) is 1. The molecule has 5 nitrogen and oxygen atoms in total. The second-order valence-electron chi connectivity index (χ2n) is 2.37. The molecular formula is C6H13N5S. The van der Waals surface area contributed by atoms with E-state index in [0.29, 0.717) is 6.54 Å². The van der Waals surface area contributed by atoms with Gasteiger partial charge in [0.05, 0.1) is 6.54 Å². The first-order chi connectivity index (χ1) is 5.88. The molecule has 0 fully saturated rings.